The molecule has 2 aliphatic heterocycles. The van der Waals surface area contributed by atoms with E-state index in [1.54, 1.807) is 12.1 Å². The van der Waals surface area contributed by atoms with Gasteiger partial charge >= 0.3 is 5.97 Å². The zero-order chi connectivity index (χ0) is 29.1. The molecule has 2 aliphatic carbocycles. The molecule has 1 aromatic rings. The first kappa shape index (κ1) is 28.4. The molecule has 0 spiro atoms. The Morgan fingerprint density at radius 2 is 1.80 bits per heavy atom. The third kappa shape index (κ3) is 3.94. The highest BCUT2D eigenvalue weighted by molar-refractivity contribution is 6.53. The molecule has 12 heteroatoms. The Balaban J connectivity index is 1.55. The van der Waals surface area contributed by atoms with Crippen LogP contribution >= 0.6 is 23.2 Å². The third-order valence-electron chi connectivity index (χ3n) is 8.92. The number of allylic oxidation sites excluding steroid dienone is 2. The lowest BCUT2D eigenvalue weighted by molar-refractivity contribution is -0.141. The number of carboxylic acid groups (broad SMARTS) is 1. The van der Waals surface area contributed by atoms with Crippen LogP contribution in [0.2, 0.25) is 0 Å². The van der Waals surface area contributed by atoms with Crippen molar-refractivity contribution in [1.29, 1.82) is 0 Å². The fourth-order valence-corrected chi connectivity index (χ4v) is 8.00. The van der Waals surface area contributed by atoms with E-state index in [0.29, 0.717) is 30.6 Å². The molecule has 3 fully saturated rings. The molecule has 1 saturated carbocycles. The molecule has 0 bridgehead atoms. The zero-order valence-electron chi connectivity index (χ0n) is 22.1. The van der Waals surface area contributed by atoms with Crippen molar-refractivity contribution in [3.05, 3.63) is 35.4 Å². The van der Waals surface area contributed by atoms with Crippen LogP contribution in [0.3, 0.4) is 0 Å². The number of likely N-dealkylation sites (tertiary alicyclic amines) is 2. The summed E-state index contributed by atoms with van der Waals surface area (Å²) in [5, 5.41) is 19.8. The first-order valence-electron chi connectivity index (χ1n) is 13.2. The Hall–Kier alpha value is -3.11. The van der Waals surface area contributed by atoms with Gasteiger partial charge in [0.25, 0.3) is 11.8 Å². The van der Waals surface area contributed by atoms with Gasteiger partial charge in [-0.05, 0) is 49.8 Å². The van der Waals surface area contributed by atoms with E-state index in [1.807, 2.05) is 0 Å². The van der Waals surface area contributed by atoms with Crippen LogP contribution in [0, 0.1) is 17.8 Å². The number of hydrogen-bond acceptors (Lipinski definition) is 7. The van der Waals surface area contributed by atoms with Crippen molar-refractivity contribution in [3.8, 4) is 11.5 Å². The predicted molar refractivity (Wildman–Crippen MR) is 143 cm³/mol. The molecule has 0 unspecified atom stereocenters. The van der Waals surface area contributed by atoms with Gasteiger partial charge in [0.15, 0.2) is 9.75 Å². The fraction of sp³-hybridized carbons (Fsp3) is 0.536. The molecule has 2 heterocycles. The molecule has 4 aliphatic rings. The van der Waals surface area contributed by atoms with E-state index in [-0.39, 0.29) is 48.9 Å². The molecule has 5 rings (SSSR count). The summed E-state index contributed by atoms with van der Waals surface area (Å²) >= 11 is 14.2. The molecule has 10 nitrogen and oxygen atoms in total. The summed E-state index contributed by atoms with van der Waals surface area (Å²) in [5.41, 5.74) is 0.814. The number of benzene rings is 1. The van der Waals surface area contributed by atoms with Gasteiger partial charge in [-0.15, -0.1) is 23.2 Å². The number of aromatic hydroxyl groups is 1. The largest absolute Gasteiger partial charge is 0.508 e. The van der Waals surface area contributed by atoms with Crippen molar-refractivity contribution >= 4 is 52.8 Å². The number of aliphatic carboxylic acids is 1. The molecule has 4 amide bonds. The minimum absolute atomic E-state index is 0.0141. The van der Waals surface area contributed by atoms with Gasteiger partial charge in [0.2, 0.25) is 11.8 Å². The second-order valence-electron chi connectivity index (χ2n) is 11.0. The van der Waals surface area contributed by atoms with Crippen molar-refractivity contribution in [1.82, 2.24) is 9.80 Å². The SMILES string of the molecule is COc1ccc(O)c([C@H]2C3=CC[C@@H]4C(=O)N(CCCCCC(=O)O)C(=O)[C@@H]4[C@@H]3C[C@@]3(Cl)C(=O)N(C)C(=O)[C@@]23Cl)c1. The minimum Gasteiger partial charge on any atom is -0.508 e. The zero-order valence-corrected chi connectivity index (χ0v) is 23.6. The number of fused-ring (bicyclic) bond motifs is 4. The Morgan fingerprint density at radius 1 is 1.07 bits per heavy atom. The van der Waals surface area contributed by atoms with Crippen molar-refractivity contribution in [2.24, 2.45) is 17.8 Å². The van der Waals surface area contributed by atoms with Gasteiger partial charge in [-0.1, -0.05) is 18.1 Å². The number of phenols is 1. The van der Waals surface area contributed by atoms with E-state index < -0.39 is 51.2 Å². The Kier molecular flexibility index (Phi) is 7.15. The molecule has 214 valence electrons. The van der Waals surface area contributed by atoms with E-state index in [4.69, 9.17) is 33.0 Å². The Morgan fingerprint density at radius 3 is 2.48 bits per heavy atom. The van der Waals surface area contributed by atoms with E-state index >= 15 is 0 Å². The smallest absolute Gasteiger partial charge is 0.303 e. The van der Waals surface area contributed by atoms with Crippen LogP contribution in [0.15, 0.2) is 29.8 Å². The van der Waals surface area contributed by atoms with Crippen LogP contribution in [-0.2, 0) is 24.0 Å². The molecule has 0 radical (unpaired) electrons. The van der Waals surface area contributed by atoms with Gasteiger partial charge in [0.1, 0.15) is 11.5 Å². The first-order valence-corrected chi connectivity index (χ1v) is 14.0. The van der Waals surface area contributed by atoms with Crippen LogP contribution in [0.4, 0.5) is 0 Å². The number of imide groups is 2. The van der Waals surface area contributed by atoms with E-state index in [1.165, 1.54) is 31.2 Å². The van der Waals surface area contributed by atoms with Gasteiger partial charge in [0.05, 0.1) is 18.9 Å². The summed E-state index contributed by atoms with van der Waals surface area (Å²) in [6.45, 7) is 0.165. The van der Waals surface area contributed by atoms with E-state index in [9.17, 15) is 29.1 Å². The number of carbonyl (C=O) groups is 5. The summed E-state index contributed by atoms with van der Waals surface area (Å²) < 4.78 is 5.35. The molecule has 2 N–H and O–H groups in total. The number of carbonyl (C=O) groups excluding carboxylic acids is 4. The summed E-state index contributed by atoms with van der Waals surface area (Å²) in [6.07, 6.45) is 3.36. The summed E-state index contributed by atoms with van der Waals surface area (Å²) in [6, 6.07) is 4.49. The maximum absolute atomic E-state index is 13.8. The van der Waals surface area contributed by atoms with Crippen molar-refractivity contribution in [2.75, 3.05) is 20.7 Å². The van der Waals surface area contributed by atoms with Gasteiger partial charge in [-0.2, -0.15) is 0 Å². The maximum atomic E-state index is 13.8. The number of methoxy groups -OCH3 is 1. The minimum atomic E-state index is -1.99. The van der Waals surface area contributed by atoms with Crippen LogP contribution in [-0.4, -0.2) is 80.1 Å². The molecule has 0 aromatic heterocycles. The quantitative estimate of drug-likeness (QED) is 0.203. The second kappa shape index (κ2) is 10.1. The number of rotatable bonds is 8. The van der Waals surface area contributed by atoms with E-state index in [0.717, 1.165) is 4.90 Å². The van der Waals surface area contributed by atoms with Gasteiger partial charge < -0.3 is 14.9 Å². The fourth-order valence-electron chi connectivity index (χ4n) is 6.99. The van der Waals surface area contributed by atoms with Gasteiger partial charge in [0, 0.05) is 31.5 Å². The van der Waals surface area contributed by atoms with Crippen LogP contribution in [0.1, 0.15) is 50.0 Å². The number of phenolic OH excluding ortho intramolecular Hbond substituents is 1. The van der Waals surface area contributed by atoms with Crippen molar-refractivity contribution in [3.63, 3.8) is 0 Å². The molecule has 6 atom stereocenters. The monoisotopic (exact) mass is 592 g/mol. The maximum Gasteiger partial charge on any atom is 0.303 e. The highest BCUT2D eigenvalue weighted by atomic mass is 35.5. The second-order valence-corrected chi connectivity index (χ2v) is 12.2. The lowest BCUT2D eigenvalue weighted by Gasteiger charge is -2.50. The average molecular weight is 593 g/mol. The topological polar surface area (TPSA) is 142 Å². The summed E-state index contributed by atoms with van der Waals surface area (Å²) in [7, 11) is 2.75. The summed E-state index contributed by atoms with van der Waals surface area (Å²) in [4.78, 5) is 63.2. The number of nitrogens with zero attached hydrogens (tertiary/aromatic N) is 2. The van der Waals surface area contributed by atoms with Crippen LogP contribution < -0.4 is 4.74 Å². The predicted octanol–water partition coefficient (Wildman–Crippen LogP) is 3.03. The number of carboxylic acids is 1. The number of ether oxygens (including phenoxy) is 1. The lowest BCUT2D eigenvalue weighted by atomic mass is 9.56. The lowest BCUT2D eigenvalue weighted by Crippen LogP contribution is -2.60. The third-order valence-corrected chi connectivity index (χ3v) is 10.3. The van der Waals surface area contributed by atoms with E-state index in [2.05, 4.69) is 0 Å². The number of hydrogen-bond donors (Lipinski definition) is 2. The number of halogens is 2. The summed E-state index contributed by atoms with van der Waals surface area (Å²) in [5.74, 6) is -6.04. The van der Waals surface area contributed by atoms with Crippen molar-refractivity contribution < 1.29 is 38.9 Å². The average Bonchev–Trinajstić information content (AvgIpc) is 3.23. The standard InChI is InChI=1S/C28H30Cl2N2O8/c1-31-25(38)27(29)13-18-15(22(28(27,30)26(31)39)17-12-14(40-2)7-10-19(17)33)8-9-16-21(18)24(37)32(23(16)36)11-5-3-4-6-20(34)35/h7-8,10,12,16,18,21-22,33H,3-6,9,11,13H2,1-2H3,(H,34,35)/t16-,18+,21-,22+,27+,28-/m0/s1. The molecule has 2 saturated heterocycles. The van der Waals surface area contributed by atoms with Gasteiger partial charge in [-0.25, -0.2) is 0 Å². The molecular weight excluding hydrogens is 563 g/mol. The number of amides is 4. The first-order chi connectivity index (χ1) is 18.9. The Bertz CT molecular complexity index is 1350. The van der Waals surface area contributed by atoms with Crippen molar-refractivity contribution in [2.45, 2.75) is 54.2 Å². The molecule has 1 aromatic carbocycles. The normalized spacial score (nSPS) is 33.0. The highest BCUT2D eigenvalue weighted by Crippen LogP contribution is 2.66. The number of unbranched alkanes of at least 4 members (excludes halogenated alkanes) is 2. The molecule has 40 heavy (non-hydrogen) atoms. The number of alkyl halides is 2. The van der Waals surface area contributed by atoms with Crippen LogP contribution in [0.5, 0.6) is 11.5 Å². The van der Waals surface area contributed by atoms with Crippen LogP contribution in [0.25, 0.3) is 0 Å². The highest BCUT2D eigenvalue weighted by Gasteiger charge is 2.76. The van der Waals surface area contributed by atoms with Gasteiger partial charge in [-0.3, -0.25) is 33.8 Å². The Labute approximate surface area is 240 Å². The molecular formula is C28H30Cl2N2O8.